The fourth-order valence-electron chi connectivity index (χ4n) is 1.17. The van der Waals surface area contributed by atoms with E-state index in [1.54, 1.807) is 6.07 Å². The van der Waals surface area contributed by atoms with Gasteiger partial charge in [-0.2, -0.15) is 0 Å². The zero-order valence-corrected chi connectivity index (χ0v) is 9.07. The Morgan fingerprint density at radius 2 is 2.25 bits per heavy atom. The van der Waals surface area contributed by atoms with Gasteiger partial charge in [0.2, 0.25) is 0 Å². The summed E-state index contributed by atoms with van der Waals surface area (Å²) in [6, 6.07) is 4.15. The summed E-state index contributed by atoms with van der Waals surface area (Å²) in [6.07, 6.45) is -1.29. The molecule has 1 rings (SSSR count). The van der Waals surface area contributed by atoms with Crippen molar-refractivity contribution in [3.05, 3.63) is 35.1 Å². The van der Waals surface area contributed by atoms with Gasteiger partial charge in [-0.3, -0.25) is 4.79 Å². The van der Waals surface area contributed by atoms with Gasteiger partial charge in [0.25, 0.3) is 0 Å². The summed E-state index contributed by atoms with van der Waals surface area (Å²) in [5, 5.41) is 9.27. The number of rotatable bonds is 4. The molecule has 1 aromatic carbocycles. The molecule has 0 aromatic heterocycles. The second kappa shape index (κ2) is 5.58. The molecule has 16 heavy (non-hydrogen) atoms. The number of aliphatic hydroxyl groups is 1. The van der Waals surface area contributed by atoms with E-state index in [1.807, 2.05) is 0 Å². The highest BCUT2D eigenvalue weighted by molar-refractivity contribution is 5.65. The monoisotopic (exact) mass is 228 g/mol. The first kappa shape index (κ1) is 12.6. The van der Waals surface area contributed by atoms with Crippen molar-refractivity contribution >= 4 is 5.97 Å². The zero-order valence-electron chi connectivity index (χ0n) is 9.07. The van der Waals surface area contributed by atoms with Crippen molar-refractivity contribution in [2.75, 3.05) is 7.11 Å². The first-order valence-corrected chi connectivity index (χ1v) is 4.67. The van der Waals surface area contributed by atoms with Crippen LogP contribution in [-0.4, -0.2) is 18.2 Å². The molecular formula is C11H13FO4. The van der Waals surface area contributed by atoms with E-state index < -0.39 is 18.1 Å². The van der Waals surface area contributed by atoms with Crippen LogP contribution in [0.1, 0.15) is 24.3 Å². The lowest BCUT2D eigenvalue weighted by atomic mass is 10.1. The van der Waals surface area contributed by atoms with Crippen molar-refractivity contribution in [3.8, 4) is 0 Å². The number of methoxy groups -OCH3 is 1. The minimum atomic E-state index is -1.29. The van der Waals surface area contributed by atoms with Crippen LogP contribution in [0.5, 0.6) is 0 Å². The van der Waals surface area contributed by atoms with E-state index in [9.17, 15) is 14.3 Å². The maximum absolute atomic E-state index is 13.4. The molecule has 0 amide bonds. The molecule has 0 aliphatic heterocycles. The van der Waals surface area contributed by atoms with Crippen molar-refractivity contribution in [1.82, 2.24) is 0 Å². The van der Waals surface area contributed by atoms with Gasteiger partial charge in [0.1, 0.15) is 12.4 Å². The highest BCUT2D eigenvalue weighted by Gasteiger charge is 2.12. The van der Waals surface area contributed by atoms with Crippen LogP contribution in [0, 0.1) is 5.82 Å². The average Bonchev–Trinajstić information content (AvgIpc) is 2.25. The predicted molar refractivity (Wildman–Crippen MR) is 53.8 cm³/mol. The van der Waals surface area contributed by atoms with E-state index in [4.69, 9.17) is 4.74 Å². The summed E-state index contributed by atoms with van der Waals surface area (Å²) in [5.41, 5.74) is 0.564. The molecule has 1 N–H and O–H groups in total. The number of halogens is 1. The number of hydrogen-bond acceptors (Lipinski definition) is 4. The lowest BCUT2D eigenvalue weighted by Crippen LogP contribution is -2.04. The average molecular weight is 228 g/mol. The van der Waals surface area contributed by atoms with Crippen LogP contribution in [-0.2, 0) is 20.9 Å². The molecule has 1 atom stereocenters. The molecule has 0 saturated carbocycles. The summed E-state index contributed by atoms with van der Waals surface area (Å²) >= 11 is 0. The fourth-order valence-corrected chi connectivity index (χ4v) is 1.17. The molecule has 0 saturated heterocycles. The fraction of sp³-hybridized carbons (Fsp3) is 0.364. The van der Waals surface area contributed by atoms with Crippen LogP contribution in [0.2, 0.25) is 0 Å². The van der Waals surface area contributed by atoms with Crippen molar-refractivity contribution in [2.24, 2.45) is 0 Å². The number of aliphatic hydroxyl groups excluding tert-OH is 1. The molecular weight excluding hydrogens is 215 g/mol. The Morgan fingerprint density at radius 3 is 2.75 bits per heavy atom. The number of hydrogen-bond donors (Lipinski definition) is 1. The van der Waals surface area contributed by atoms with Gasteiger partial charge in [0.15, 0.2) is 6.29 Å². The van der Waals surface area contributed by atoms with Crippen LogP contribution >= 0.6 is 0 Å². The second-order valence-electron chi connectivity index (χ2n) is 3.22. The SMILES string of the molecule is COC(O)c1ccc(COC(C)=O)cc1F. The minimum absolute atomic E-state index is 0.00953. The standard InChI is InChI=1S/C11H13FO4/c1-7(13)16-6-8-3-4-9(10(12)5-8)11(14)15-2/h3-5,11,14H,6H2,1-2H3. The van der Waals surface area contributed by atoms with Gasteiger partial charge < -0.3 is 14.6 Å². The number of carbonyl (C=O) groups excluding carboxylic acids is 1. The summed E-state index contributed by atoms with van der Waals surface area (Å²) in [6.45, 7) is 1.29. The Hall–Kier alpha value is -1.46. The number of benzene rings is 1. The van der Waals surface area contributed by atoms with E-state index in [0.29, 0.717) is 5.56 Å². The predicted octanol–water partition coefficient (Wildman–Crippen LogP) is 1.53. The smallest absolute Gasteiger partial charge is 0.302 e. The quantitative estimate of drug-likeness (QED) is 0.627. The van der Waals surface area contributed by atoms with Crippen LogP contribution in [0.3, 0.4) is 0 Å². The Bertz CT molecular complexity index is 378. The molecule has 5 heteroatoms. The molecule has 0 aliphatic rings. The van der Waals surface area contributed by atoms with Gasteiger partial charge in [-0.15, -0.1) is 0 Å². The molecule has 1 aromatic rings. The van der Waals surface area contributed by atoms with Gasteiger partial charge in [0, 0.05) is 19.6 Å². The molecule has 4 nitrogen and oxygen atoms in total. The maximum atomic E-state index is 13.4. The van der Waals surface area contributed by atoms with E-state index in [-0.39, 0.29) is 12.2 Å². The molecule has 0 spiro atoms. The molecule has 88 valence electrons. The number of esters is 1. The van der Waals surface area contributed by atoms with Gasteiger partial charge in [0.05, 0.1) is 0 Å². The number of carbonyl (C=O) groups is 1. The highest BCUT2D eigenvalue weighted by Crippen LogP contribution is 2.19. The lowest BCUT2D eigenvalue weighted by Gasteiger charge is -2.10. The largest absolute Gasteiger partial charge is 0.461 e. The maximum Gasteiger partial charge on any atom is 0.302 e. The molecule has 0 fully saturated rings. The van der Waals surface area contributed by atoms with Gasteiger partial charge in [-0.1, -0.05) is 12.1 Å². The Balaban J connectivity index is 2.78. The third-order valence-electron chi connectivity index (χ3n) is 2.00. The highest BCUT2D eigenvalue weighted by atomic mass is 19.1. The number of ether oxygens (including phenoxy) is 2. The van der Waals surface area contributed by atoms with Gasteiger partial charge in [-0.05, 0) is 11.6 Å². The lowest BCUT2D eigenvalue weighted by molar-refractivity contribution is -0.142. The summed E-state index contributed by atoms with van der Waals surface area (Å²) in [4.78, 5) is 10.5. The van der Waals surface area contributed by atoms with E-state index in [2.05, 4.69) is 4.74 Å². The Morgan fingerprint density at radius 1 is 1.56 bits per heavy atom. The Labute approximate surface area is 92.6 Å². The van der Waals surface area contributed by atoms with Gasteiger partial charge >= 0.3 is 5.97 Å². The molecule has 0 aliphatic carbocycles. The van der Waals surface area contributed by atoms with Crippen molar-refractivity contribution in [3.63, 3.8) is 0 Å². The van der Waals surface area contributed by atoms with Crippen molar-refractivity contribution < 1.29 is 23.8 Å². The van der Waals surface area contributed by atoms with E-state index in [1.165, 1.54) is 26.2 Å². The van der Waals surface area contributed by atoms with E-state index in [0.717, 1.165) is 0 Å². The zero-order chi connectivity index (χ0) is 12.1. The van der Waals surface area contributed by atoms with Crippen LogP contribution in [0.4, 0.5) is 4.39 Å². The third-order valence-corrected chi connectivity index (χ3v) is 2.00. The first-order chi connectivity index (χ1) is 7.54. The second-order valence-corrected chi connectivity index (χ2v) is 3.22. The van der Waals surface area contributed by atoms with Gasteiger partial charge in [-0.25, -0.2) is 4.39 Å². The van der Waals surface area contributed by atoms with Crippen LogP contribution in [0.15, 0.2) is 18.2 Å². The van der Waals surface area contributed by atoms with Crippen LogP contribution in [0.25, 0.3) is 0 Å². The summed E-state index contributed by atoms with van der Waals surface area (Å²) < 4.78 is 22.7. The van der Waals surface area contributed by atoms with E-state index >= 15 is 0 Å². The molecule has 0 bridgehead atoms. The van der Waals surface area contributed by atoms with Crippen molar-refractivity contribution in [1.29, 1.82) is 0 Å². The molecule has 0 heterocycles. The molecule has 1 unspecified atom stereocenters. The first-order valence-electron chi connectivity index (χ1n) is 4.67. The normalized spacial score (nSPS) is 12.2. The molecule has 0 radical (unpaired) electrons. The van der Waals surface area contributed by atoms with Crippen LogP contribution < -0.4 is 0 Å². The Kier molecular flexibility index (Phi) is 4.39. The topological polar surface area (TPSA) is 55.8 Å². The third kappa shape index (κ3) is 3.29. The summed E-state index contributed by atoms with van der Waals surface area (Å²) in [7, 11) is 1.27. The minimum Gasteiger partial charge on any atom is -0.461 e. The summed E-state index contributed by atoms with van der Waals surface area (Å²) in [5.74, 6) is -1.03. The van der Waals surface area contributed by atoms with Crippen molar-refractivity contribution in [2.45, 2.75) is 19.8 Å².